The lowest BCUT2D eigenvalue weighted by molar-refractivity contribution is -0.137. The molecule has 1 aliphatic rings. The van der Waals surface area contributed by atoms with E-state index < -0.39 is 5.92 Å². The van der Waals surface area contributed by atoms with Gasteiger partial charge in [0.25, 0.3) is 0 Å². The Morgan fingerprint density at radius 3 is 2.65 bits per heavy atom. The van der Waals surface area contributed by atoms with Gasteiger partial charge in [0.2, 0.25) is 11.8 Å². The van der Waals surface area contributed by atoms with E-state index in [9.17, 15) is 9.59 Å². The molecule has 90 valence electrons. The van der Waals surface area contributed by atoms with Crippen molar-refractivity contribution in [2.75, 3.05) is 14.2 Å². The van der Waals surface area contributed by atoms with Crippen LogP contribution in [0.4, 0.5) is 0 Å². The van der Waals surface area contributed by atoms with E-state index >= 15 is 0 Å². The number of imide groups is 1. The molecule has 0 spiro atoms. The molecule has 0 aromatic heterocycles. The van der Waals surface area contributed by atoms with Gasteiger partial charge in [0.1, 0.15) is 5.75 Å². The molecule has 1 aliphatic heterocycles. The van der Waals surface area contributed by atoms with Crippen molar-refractivity contribution in [2.45, 2.75) is 12.3 Å². The highest BCUT2D eigenvalue weighted by Crippen LogP contribution is 2.35. The Bertz CT molecular complexity index is 487. The highest BCUT2D eigenvalue weighted by atomic mass is 79.9. The number of benzene rings is 1. The lowest BCUT2D eigenvalue weighted by atomic mass is 9.96. The van der Waals surface area contributed by atoms with Crippen molar-refractivity contribution in [1.29, 1.82) is 0 Å². The SMILES string of the molecule is COc1cc(Br)ccc1C1CC(=O)N(C)C1=O. The van der Waals surface area contributed by atoms with Gasteiger partial charge in [-0.2, -0.15) is 0 Å². The van der Waals surface area contributed by atoms with Crippen molar-refractivity contribution in [3.63, 3.8) is 0 Å². The number of halogens is 1. The van der Waals surface area contributed by atoms with Gasteiger partial charge in [-0.05, 0) is 12.1 Å². The average Bonchev–Trinajstić information content (AvgIpc) is 2.57. The zero-order valence-corrected chi connectivity index (χ0v) is 11.2. The first-order chi connectivity index (χ1) is 8.04. The van der Waals surface area contributed by atoms with Crippen molar-refractivity contribution in [1.82, 2.24) is 4.90 Å². The predicted octanol–water partition coefficient (Wildman–Crippen LogP) is 1.93. The highest BCUT2D eigenvalue weighted by Gasteiger charge is 2.38. The molecule has 0 bridgehead atoms. The summed E-state index contributed by atoms with van der Waals surface area (Å²) in [6, 6.07) is 5.46. The molecule has 1 fully saturated rings. The molecule has 1 atom stereocenters. The van der Waals surface area contributed by atoms with Gasteiger partial charge >= 0.3 is 0 Å². The number of carbonyl (C=O) groups is 2. The Hall–Kier alpha value is -1.36. The molecule has 0 aliphatic carbocycles. The zero-order valence-electron chi connectivity index (χ0n) is 9.57. The van der Waals surface area contributed by atoms with E-state index in [0.29, 0.717) is 5.75 Å². The summed E-state index contributed by atoms with van der Waals surface area (Å²) in [5.41, 5.74) is 0.762. The molecule has 1 aromatic rings. The van der Waals surface area contributed by atoms with Gasteiger partial charge in [-0.15, -0.1) is 0 Å². The van der Waals surface area contributed by atoms with Crippen LogP contribution in [0.5, 0.6) is 5.75 Å². The number of carbonyl (C=O) groups excluding carboxylic acids is 2. The van der Waals surface area contributed by atoms with Gasteiger partial charge in [0.05, 0.1) is 13.0 Å². The minimum atomic E-state index is -0.421. The van der Waals surface area contributed by atoms with E-state index in [1.165, 1.54) is 11.9 Å². The second kappa shape index (κ2) is 4.49. The van der Waals surface area contributed by atoms with Gasteiger partial charge < -0.3 is 4.74 Å². The van der Waals surface area contributed by atoms with Crippen LogP contribution < -0.4 is 4.74 Å². The van der Waals surface area contributed by atoms with E-state index in [2.05, 4.69) is 15.9 Å². The van der Waals surface area contributed by atoms with E-state index in [0.717, 1.165) is 10.0 Å². The standard InChI is InChI=1S/C12H12BrNO3/c1-14-11(15)6-9(12(14)16)8-4-3-7(13)5-10(8)17-2/h3-5,9H,6H2,1-2H3. The number of methoxy groups -OCH3 is 1. The molecule has 4 nitrogen and oxygen atoms in total. The van der Waals surface area contributed by atoms with Gasteiger partial charge in [-0.25, -0.2) is 0 Å². The maximum atomic E-state index is 11.9. The molecule has 1 saturated heterocycles. The smallest absolute Gasteiger partial charge is 0.237 e. The molecule has 2 amide bonds. The Kier molecular flexibility index (Phi) is 3.19. The fraction of sp³-hybridized carbons (Fsp3) is 0.333. The lowest BCUT2D eigenvalue weighted by Gasteiger charge is -2.13. The maximum absolute atomic E-state index is 11.9. The van der Waals surface area contributed by atoms with Gasteiger partial charge in [0, 0.05) is 23.5 Å². The van der Waals surface area contributed by atoms with Crippen molar-refractivity contribution in [2.24, 2.45) is 0 Å². The number of rotatable bonds is 2. The number of amides is 2. The zero-order chi connectivity index (χ0) is 12.6. The summed E-state index contributed by atoms with van der Waals surface area (Å²) in [5.74, 6) is -0.114. The molecule has 1 heterocycles. The van der Waals surface area contributed by atoms with Crippen LogP contribution in [-0.4, -0.2) is 30.9 Å². The third-order valence-corrected chi connectivity index (χ3v) is 3.45. The second-order valence-corrected chi connectivity index (χ2v) is 4.85. The third-order valence-electron chi connectivity index (χ3n) is 2.95. The number of likely N-dealkylation sites (N-methyl/N-ethyl adjacent to an activating group) is 1. The van der Waals surface area contributed by atoms with Gasteiger partial charge in [-0.1, -0.05) is 22.0 Å². The monoisotopic (exact) mass is 297 g/mol. The molecule has 17 heavy (non-hydrogen) atoms. The summed E-state index contributed by atoms with van der Waals surface area (Å²) in [6.07, 6.45) is 0.216. The van der Waals surface area contributed by atoms with E-state index in [-0.39, 0.29) is 18.2 Å². The minimum absolute atomic E-state index is 0.148. The van der Waals surface area contributed by atoms with Crippen LogP contribution in [0.25, 0.3) is 0 Å². The van der Waals surface area contributed by atoms with Gasteiger partial charge in [0.15, 0.2) is 0 Å². The van der Waals surface area contributed by atoms with Crippen LogP contribution >= 0.6 is 15.9 Å². The number of nitrogens with zero attached hydrogens (tertiary/aromatic N) is 1. The molecule has 0 N–H and O–H groups in total. The summed E-state index contributed by atoms with van der Waals surface area (Å²) < 4.78 is 6.12. The fourth-order valence-electron chi connectivity index (χ4n) is 1.97. The summed E-state index contributed by atoms with van der Waals surface area (Å²) in [5, 5.41) is 0. The summed E-state index contributed by atoms with van der Waals surface area (Å²) in [6.45, 7) is 0. The first-order valence-corrected chi connectivity index (χ1v) is 5.97. The van der Waals surface area contributed by atoms with Crippen molar-refractivity contribution in [3.05, 3.63) is 28.2 Å². The van der Waals surface area contributed by atoms with Crippen LogP contribution in [0.3, 0.4) is 0 Å². The molecule has 2 rings (SSSR count). The van der Waals surface area contributed by atoms with Crippen molar-refractivity contribution >= 4 is 27.7 Å². The average molecular weight is 298 g/mol. The van der Waals surface area contributed by atoms with Crippen LogP contribution in [-0.2, 0) is 9.59 Å². The molecular formula is C12H12BrNO3. The molecule has 5 heteroatoms. The van der Waals surface area contributed by atoms with Crippen molar-refractivity contribution in [3.8, 4) is 5.75 Å². The largest absolute Gasteiger partial charge is 0.496 e. The normalized spacial score (nSPS) is 19.9. The Balaban J connectivity index is 2.41. The third kappa shape index (κ3) is 2.07. The van der Waals surface area contributed by atoms with Crippen LogP contribution in [0, 0.1) is 0 Å². The summed E-state index contributed by atoms with van der Waals surface area (Å²) in [4.78, 5) is 24.6. The molecule has 0 radical (unpaired) electrons. The van der Waals surface area contributed by atoms with Crippen LogP contribution in [0.1, 0.15) is 17.9 Å². The Morgan fingerprint density at radius 2 is 2.12 bits per heavy atom. The van der Waals surface area contributed by atoms with Crippen LogP contribution in [0.15, 0.2) is 22.7 Å². The first-order valence-electron chi connectivity index (χ1n) is 5.18. The summed E-state index contributed by atoms with van der Waals surface area (Å²) in [7, 11) is 3.06. The van der Waals surface area contributed by atoms with E-state index in [1.54, 1.807) is 13.2 Å². The maximum Gasteiger partial charge on any atom is 0.237 e. The van der Waals surface area contributed by atoms with Crippen molar-refractivity contribution < 1.29 is 14.3 Å². The fourth-order valence-corrected chi connectivity index (χ4v) is 2.31. The topological polar surface area (TPSA) is 46.6 Å². The predicted molar refractivity (Wildman–Crippen MR) is 65.8 cm³/mol. The molecular weight excluding hydrogens is 286 g/mol. The quantitative estimate of drug-likeness (QED) is 0.784. The molecule has 1 unspecified atom stereocenters. The number of hydrogen-bond acceptors (Lipinski definition) is 3. The van der Waals surface area contributed by atoms with Gasteiger partial charge in [-0.3, -0.25) is 14.5 Å². The molecule has 0 saturated carbocycles. The number of likely N-dealkylation sites (tertiary alicyclic amines) is 1. The van der Waals surface area contributed by atoms with E-state index in [4.69, 9.17) is 4.74 Å². The first kappa shape index (κ1) is 12.1. The molecule has 1 aromatic carbocycles. The summed E-state index contributed by atoms with van der Waals surface area (Å²) >= 11 is 3.34. The highest BCUT2D eigenvalue weighted by molar-refractivity contribution is 9.10. The minimum Gasteiger partial charge on any atom is -0.496 e. The number of hydrogen-bond donors (Lipinski definition) is 0. The Morgan fingerprint density at radius 1 is 1.41 bits per heavy atom. The van der Waals surface area contributed by atoms with E-state index in [1.807, 2.05) is 12.1 Å². The van der Waals surface area contributed by atoms with Crippen LogP contribution in [0.2, 0.25) is 0 Å². The second-order valence-electron chi connectivity index (χ2n) is 3.93. The number of ether oxygens (including phenoxy) is 1. The lowest BCUT2D eigenvalue weighted by Crippen LogP contribution is -2.25. The Labute approximate surface area is 108 Å².